The number of benzene rings is 2. The molecule has 2 aromatic carbocycles. The zero-order valence-electron chi connectivity index (χ0n) is 10.0. The molecule has 0 spiro atoms. The Bertz CT molecular complexity index is 694. The Hall–Kier alpha value is -1.23. The zero-order chi connectivity index (χ0) is 14.0. The summed E-state index contributed by atoms with van der Waals surface area (Å²) in [7, 11) is -3.70. The molecular weight excluding hydrogens is 305 g/mol. The summed E-state index contributed by atoms with van der Waals surface area (Å²) in [6.07, 6.45) is 0. The first kappa shape index (κ1) is 14.2. The van der Waals surface area contributed by atoms with Gasteiger partial charge in [0.15, 0.2) is 0 Å². The molecule has 0 saturated heterocycles. The number of halogens is 2. The molecule has 0 aliphatic heterocycles. The average Bonchev–Trinajstić information content (AvgIpc) is 2.34. The van der Waals surface area contributed by atoms with Crippen molar-refractivity contribution >= 4 is 38.9 Å². The van der Waals surface area contributed by atoms with Crippen LogP contribution in [0, 0.1) is 6.92 Å². The Balaban J connectivity index is 2.42. The molecule has 0 radical (unpaired) electrons. The predicted octanol–water partition coefficient (Wildman–Crippen LogP) is 4.10. The third kappa shape index (κ3) is 3.21. The Labute approximate surface area is 122 Å². The highest BCUT2D eigenvalue weighted by Gasteiger charge is 2.17. The highest BCUT2D eigenvalue weighted by molar-refractivity contribution is 7.92. The fourth-order valence-electron chi connectivity index (χ4n) is 1.59. The number of anilines is 1. The second-order valence-corrected chi connectivity index (χ2v) is 6.52. The van der Waals surface area contributed by atoms with E-state index in [-0.39, 0.29) is 4.90 Å². The van der Waals surface area contributed by atoms with Gasteiger partial charge in [0.1, 0.15) is 0 Å². The van der Waals surface area contributed by atoms with Gasteiger partial charge in [0.25, 0.3) is 10.0 Å². The van der Waals surface area contributed by atoms with Crippen molar-refractivity contribution in [2.24, 2.45) is 0 Å². The second kappa shape index (κ2) is 5.41. The van der Waals surface area contributed by atoms with Crippen LogP contribution >= 0.6 is 23.2 Å². The molecule has 3 nitrogen and oxygen atoms in total. The summed E-state index contributed by atoms with van der Waals surface area (Å²) >= 11 is 11.8. The van der Waals surface area contributed by atoms with E-state index in [2.05, 4.69) is 4.72 Å². The van der Waals surface area contributed by atoms with Crippen molar-refractivity contribution in [1.82, 2.24) is 0 Å². The lowest BCUT2D eigenvalue weighted by Crippen LogP contribution is -2.14. The van der Waals surface area contributed by atoms with E-state index >= 15 is 0 Å². The van der Waals surface area contributed by atoms with Crippen LogP contribution in [0.1, 0.15) is 5.56 Å². The van der Waals surface area contributed by atoms with Gasteiger partial charge < -0.3 is 0 Å². The second-order valence-electron chi connectivity index (χ2n) is 3.99. The van der Waals surface area contributed by atoms with Crippen LogP contribution < -0.4 is 4.72 Å². The van der Waals surface area contributed by atoms with E-state index in [9.17, 15) is 8.42 Å². The van der Waals surface area contributed by atoms with Gasteiger partial charge >= 0.3 is 0 Å². The van der Waals surface area contributed by atoms with Gasteiger partial charge in [0.2, 0.25) is 0 Å². The van der Waals surface area contributed by atoms with Crippen molar-refractivity contribution in [2.45, 2.75) is 11.8 Å². The number of hydrogen-bond donors (Lipinski definition) is 1. The van der Waals surface area contributed by atoms with Gasteiger partial charge in [-0.1, -0.05) is 41.4 Å². The maximum Gasteiger partial charge on any atom is 0.262 e. The number of sulfonamides is 1. The van der Waals surface area contributed by atoms with Crippen molar-refractivity contribution in [3.05, 3.63) is 58.1 Å². The molecule has 19 heavy (non-hydrogen) atoms. The zero-order valence-corrected chi connectivity index (χ0v) is 12.4. The van der Waals surface area contributed by atoms with Crippen LogP contribution in [0.2, 0.25) is 10.0 Å². The lowest BCUT2D eigenvalue weighted by Gasteiger charge is -2.12. The Morgan fingerprint density at radius 1 is 1.05 bits per heavy atom. The van der Waals surface area contributed by atoms with Crippen LogP contribution in [-0.4, -0.2) is 8.42 Å². The van der Waals surface area contributed by atoms with Gasteiger partial charge in [-0.05, 0) is 36.8 Å². The summed E-state index contributed by atoms with van der Waals surface area (Å²) in [5, 5.41) is 0.712. The van der Waals surface area contributed by atoms with Crippen molar-refractivity contribution in [2.75, 3.05) is 4.72 Å². The molecule has 0 saturated carbocycles. The molecule has 0 atom stereocenters. The Morgan fingerprint density at radius 3 is 2.37 bits per heavy atom. The first-order valence-electron chi connectivity index (χ1n) is 5.43. The van der Waals surface area contributed by atoms with E-state index in [1.165, 1.54) is 12.1 Å². The Morgan fingerprint density at radius 2 is 1.74 bits per heavy atom. The minimum atomic E-state index is -3.70. The molecule has 0 bridgehead atoms. The lowest BCUT2D eigenvalue weighted by atomic mass is 10.2. The monoisotopic (exact) mass is 315 g/mol. The van der Waals surface area contributed by atoms with Crippen molar-refractivity contribution in [3.63, 3.8) is 0 Å². The number of para-hydroxylation sites is 1. The molecule has 2 rings (SSSR count). The standard InChI is InChI=1S/C13H11Cl2NO2S/c1-9-4-2-7-12(15)13(9)16-19(17,18)11-6-3-5-10(14)8-11/h2-8,16H,1H3. The summed E-state index contributed by atoms with van der Waals surface area (Å²) in [5.74, 6) is 0. The normalized spacial score (nSPS) is 11.3. The molecule has 0 aromatic heterocycles. The largest absolute Gasteiger partial charge is 0.278 e. The van der Waals surface area contributed by atoms with Gasteiger partial charge in [0.05, 0.1) is 15.6 Å². The smallest absolute Gasteiger partial charge is 0.262 e. The van der Waals surface area contributed by atoms with E-state index in [1.807, 2.05) is 0 Å². The van der Waals surface area contributed by atoms with Gasteiger partial charge in [-0.3, -0.25) is 4.72 Å². The van der Waals surface area contributed by atoms with Crippen LogP contribution in [0.15, 0.2) is 47.4 Å². The van der Waals surface area contributed by atoms with E-state index in [0.29, 0.717) is 15.7 Å². The van der Waals surface area contributed by atoms with Crippen molar-refractivity contribution in [3.8, 4) is 0 Å². The van der Waals surface area contributed by atoms with Crippen LogP contribution in [0.3, 0.4) is 0 Å². The highest BCUT2D eigenvalue weighted by atomic mass is 35.5. The van der Waals surface area contributed by atoms with Crippen LogP contribution in [0.4, 0.5) is 5.69 Å². The third-order valence-corrected chi connectivity index (χ3v) is 4.46. The number of hydrogen-bond acceptors (Lipinski definition) is 2. The van der Waals surface area contributed by atoms with Crippen LogP contribution in [0.25, 0.3) is 0 Å². The molecule has 0 unspecified atom stereocenters. The first-order chi connectivity index (χ1) is 8.90. The lowest BCUT2D eigenvalue weighted by molar-refractivity contribution is 0.601. The maximum atomic E-state index is 12.2. The molecule has 1 N–H and O–H groups in total. The summed E-state index contributed by atoms with van der Waals surface area (Å²) in [6, 6.07) is 11.2. The van der Waals surface area contributed by atoms with E-state index in [0.717, 1.165) is 5.56 Å². The molecule has 0 amide bonds. The van der Waals surface area contributed by atoms with Gasteiger partial charge in [0, 0.05) is 5.02 Å². The number of nitrogens with one attached hydrogen (secondary N) is 1. The van der Waals surface area contributed by atoms with Crippen LogP contribution in [0.5, 0.6) is 0 Å². The first-order valence-corrected chi connectivity index (χ1v) is 7.67. The fraction of sp³-hybridized carbons (Fsp3) is 0.0769. The molecule has 0 heterocycles. The minimum Gasteiger partial charge on any atom is -0.278 e. The molecule has 0 aliphatic rings. The van der Waals surface area contributed by atoms with Crippen molar-refractivity contribution < 1.29 is 8.42 Å². The number of aryl methyl sites for hydroxylation is 1. The third-order valence-electron chi connectivity index (χ3n) is 2.56. The van der Waals surface area contributed by atoms with E-state index in [4.69, 9.17) is 23.2 Å². The summed E-state index contributed by atoms with van der Waals surface area (Å²) in [6.45, 7) is 1.78. The number of rotatable bonds is 3. The summed E-state index contributed by atoms with van der Waals surface area (Å²) in [4.78, 5) is 0.0966. The highest BCUT2D eigenvalue weighted by Crippen LogP contribution is 2.28. The van der Waals surface area contributed by atoms with Gasteiger partial charge in [-0.25, -0.2) is 8.42 Å². The molecule has 2 aromatic rings. The maximum absolute atomic E-state index is 12.2. The van der Waals surface area contributed by atoms with Crippen molar-refractivity contribution in [1.29, 1.82) is 0 Å². The van der Waals surface area contributed by atoms with Gasteiger partial charge in [-0.2, -0.15) is 0 Å². The quantitative estimate of drug-likeness (QED) is 0.926. The average molecular weight is 316 g/mol. The minimum absolute atomic E-state index is 0.0966. The molecule has 6 heteroatoms. The predicted molar refractivity (Wildman–Crippen MR) is 78.4 cm³/mol. The Kier molecular flexibility index (Phi) is 4.04. The molecule has 0 aliphatic carbocycles. The fourth-order valence-corrected chi connectivity index (χ4v) is 3.37. The van der Waals surface area contributed by atoms with Crippen LogP contribution in [-0.2, 0) is 10.0 Å². The van der Waals surface area contributed by atoms with E-state index in [1.54, 1.807) is 37.3 Å². The molecular formula is C13H11Cl2NO2S. The van der Waals surface area contributed by atoms with E-state index < -0.39 is 10.0 Å². The SMILES string of the molecule is Cc1cccc(Cl)c1NS(=O)(=O)c1cccc(Cl)c1. The molecule has 0 fully saturated rings. The summed E-state index contributed by atoms with van der Waals surface area (Å²) in [5.41, 5.74) is 1.13. The molecule has 100 valence electrons. The van der Waals surface area contributed by atoms with Gasteiger partial charge in [-0.15, -0.1) is 0 Å². The summed E-state index contributed by atoms with van der Waals surface area (Å²) < 4.78 is 26.9. The topological polar surface area (TPSA) is 46.2 Å².